The van der Waals surface area contributed by atoms with E-state index in [1.165, 1.54) is 0 Å². The molecule has 0 aliphatic carbocycles. The molecule has 1 amide bonds. The third-order valence-electron chi connectivity index (χ3n) is 6.84. The highest BCUT2D eigenvalue weighted by molar-refractivity contribution is 9.10. The van der Waals surface area contributed by atoms with Crippen LogP contribution in [0.2, 0.25) is 0 Å². The van der Waals surface area contributed by atoms with Crippen LogP contribution in [0.5, 0.6) is 0 Å². The van der Waals surface area contributed by atoms with Gasteiger partial charge in [-0.1, -0.05) is 109 Å². The molecule has 0 heterocycles. The summed E-state index contributed by atoms with van der Waals surface area (Å²) < 4.78 is 12.2. The summed E-state index contributed by atoms with van der Waals surface area (Å²) in [6.45, 7) is 7.27. The van der Waals surface area contributed by atoms with E-state index in [1.807, 2.05) is 91.9 Å². The predicted octanol–water partition coefficient (Wildman–Crippen LogP) is 7.92. The highest BCUT2D eigenvalue weighted by Crippen LogP contribution is 2.35. The van der Waals surface area contributed by atoms with Gasteiger partial charge in [0.2, 0.25) is 0 Å². The molecule has 0 aliphatic heterocycles. The smallest absolute Gasteiger partial charge is 0.409 e. The molecule has 0 aliphatic rings. The van der Waals surface area contributed by atoms with E-state index in [1.54, 1.807) is 11.9 Å². The van der Waals surface area contributed by atoms with Crippen molar-refractivity contribution in [3.63, 3.8) is 0 Å². The summed E-state index contributed by atoms with van der Waals surface area (Å²) in [6.07, 6.45) is 1.91. The molecule has 0 spiro atoms. The van der Waals surface area contributed by atoms with Crippen molar-refractivity contribution in [1.82, 2.24) is 4.90 Å². The van der Waals surface area contributed by atoms with E-state index in [4.69, 9.17) is 9.47 Å². The minimum absolute atomic E-state index is 0.160. The Morgan fingerprint density at radius 1 is 0.789 bits per heavy atom. The molecule has 1 atom stereocenters. The van der Waals surface area contributed by atoms with Crippen molar-refractivity contribution >= 4 is 28.0 Å². The van der Waals surface area contributed by atoms with Gasteiger partial charge in [-0.25, -0.2) is 4.79 Å². The Morgan fingerprint density at radius 2 is 1.37 bits per heavy atom. The Morgan fingerprint density at radius 3 is 1.95 bits per heavy atom. The van der Waals surface area contributed by atoms with E-state index in [9.17, 15) is 9.59 Å². The molecule has 0 aromatic heterocycles. The van der Waals surface area contributed by atoms with Crippen LogP contribution in [0.25, 0.3) is 0 Å². The van der Waals surface area contributed by atoms with Crippen molar-refractivity contribution in [2.24, 2.45) is 5.41 Å². The Labute approximate surface area is 235 Å². The van der Waals surface area contributed by atoms with Crippen LogP contribution in [0.15, 0.2) is 89.4 Å². The van der Waals surface area contributed by atoms with E-state index >= 15 is 0 Å². The number of hydrogen-bond donors (Lipinski definition) is 0. The van der Waals surface area contributed by atoms with Gasteiger partial charge >= 0.3 is 12.1 Å². The van der Waals surface area contributed by atoms with Crippen molar-refractivity contribution < 1.29 is 19.1 Å². The van der Waals surface area contributed by atoms with Crippen molar-refractivity contribution in [3.8, 4) is 0 Å². The summed E-state index contributed by atoms with van der Waals surface area (Å²) in [6, 6.07) is 27.3. The van der Waals surface area contributed by atoms with Crippen molar-refractivity contribution in [2.75, 3.05) is 13.6 Å². The number of ether oxygens (including phenoxy) is 2. The van der Waals surface area contributed by atoms with E-state index in [0.29, 0.717) is 13.0 Å². The van der Waals surface area contributed by atoms with Gasteiger partial charge in [-0.2, -0.15) is 0 Å². The molecule has 1 unspecified atom stereocenters. The monoisotopic (exact) mass is 579 g/mol. The van der Waals surface area contributed by atoms with Gasteiger partial charge in [-0.05, 0) is 54.0 Å². The first kappa shape index (κ1) is 29.4. The van der Waals surface area contributed by atoms with Crippen LogP contribution < -0.4 is 0 Å². The third kappa shape index (κ3) is 8.73. The first-order chi connectivity index (χ1) is 18.1. The summed E-state index contributed by atoms with van der Waals surface area (Å²) in [7, 11) is 1.77. The normalized spacial score (nSPS) is 12.9. The molecule has 0 fully saturated rings. The molecule has 5 nitrogen and oxygen atoms in total. The first-order valence-corrected chi connectivity index (χ1v) is 13.8. The second-order valence-corrected chi connectivity index (χ2v) is 11.7. The molecule has 38 heavy (non-hydrogen) atoms. The fourth-order valence-corrected chi connectivity index (χ4v) is 5.01. The van der Waals surface area contributed by atoms with Crippen LogP contribution in [-0.4, -0.2) is 30.6 Å². The number of carbonyl (C=O) groups is 2. The van der Waals surface area contributed by atoms with Crippen LogP contribution in [0.3, 0.4) is 0 Å². The lowest BCUT2D eigenvalue weighted by molar-refractivity contribution is -0.151. The molecule has 3 aromatic carbocycles. The molecular weight excluding hydrogens is 542 g/mol. The first-order valence-electron chi connectivity index (χ1n) is 13.0. The van der Waals surface area contributed by atoms with Gasteiger partial charge in [-0.3, -0.25) is 4.79 Å². The van der Waals surface area contributed by atoms with Crippen LogP contribution in [0.1, 0.15) is 56.7 Å². The average molecular weight is 581 g/mol. The number of amides is 1. The topological polar surface area (TPSA) is 55.8 Å². The molecule has 6 heteroatoms. The maximum Gasteiger partial charge on any atom is 0.409 e. The third-order valence-corrected chi connectivity index (χ3v) is 7.33. The van der Waals surface area contributed by atoms with Crippen LogP contribution in [0.4, 0.5) is 4.79 Å². The molecule has 3 rings (SSSR count). The van der Waals surface area contributed by atoms with Crippen molar-refractivity contribution in [2.45, 2.75) is 58.7 Å². The van der Waals surface area contributed by atoms with Crippen molar-refractivity contribution in [1.29, 1.82) is 0 Å². The zero-order valence-corrected chi connectivity index (χ0v) is 24.4. The zero-order chi connectivity index (χ0) is 27.6. The van der Waals surface area contributed by atoms with Gasteiger partial charge in [0.05, 0.1) is 5.41 Å². The van der Waals surface area contributed by atoms with Gasteiger partial charge in [0, 0.05) is 18.1 Å². The Kier molecular flexibility index (Phi) is 10.5. The largest absolute Gasteiger partial charge is 0.460 e. The highest BCUT2D eigenvalue weighted by Gasteiger charge is 2.37. The van der Waals surface area contributed by atoms with Crippen molar-refractivity contribution in [3.05, 3.63) is 106 Å². The van der Waals surface area contributed by atoms with Gasteiger partial charge in [0.15, 0.2) is 0 Å². The van der Waals surface area contributed by atoms with Crippen LogP contribution >= 0.6 is 15.9 Å². The quantitative estimate of drug-likeness (QED) is 0.204. The summed E-state index contributed by atoms with van der Waals surface area (Å²) in [5.41, 5.74) is 1.88. The highest BCUT2D eigenvalue weighted by atomic mass is 79.9. The standard InChI is InChI=1S/C32H38BrNO4/c1-31(2,24-34(4)30(36)38-23-26-15-9-6-10-16-26)19-12-20-32(3,27-17-11-18-28(33)21-27)29(35)37-22-25-13-7-5-8-14-25/h5-11,13-18,21H,12,19-20,22-24H2,1-4H3. The summed E-state index contributed by atoms with van der Waals surface area (Å²) in [5, 5.41) is 0. The van der Waals surface area contributed by atoms with Gasteiger partial charge in [0.25, 0.3) is 0 Å². The van der Waals surface area contributed by atoms with E-state index < -0.39 is 5.41 Å². The van der Waals surface area contributed by atoms with Crippen LogP contribution in [-0.2, 0) is 32.9 Å². The predicted molar refractivity (Wildman–Crippen MR) is 155 cm³/mol. The minimum atomic E-state index is -0.796. The summed E-state index contributed by atoms with van der Waals surface area (Å²) in [5.74, 6) is -0.237. The Hall–Kier alpha value is -3.12. The summed E-state index contributed by atoms with van der Waals surface area (Å²) >= 11 is 3.55. The molecule has 0 bridgehead atoms. The fraction of sp³-hybridized carbons (Fsp3) is 0.375. The molecule has 3 aromatic rings. The molecule has 0 saturated heterocycles. The number of esters is 1. The van der Waals surface area contributed by atoms with Gasteiger partial charge < -0.3 is 14.4 Å². The molecule has 0 saturated carbocycles. The number of halogens is 1. The number of carbonyl (C=O) groups excluding carboxylic acids is 2. The Bertz CT molecular complexity index is 1180. The number of rotatable bonds is 12. The maximum atomic E-state index is 13.5. The lowest BCUT2D eigenvalue weighted by atomic mass is 9.76. The second kappa shape index (κ2) is 13.6. The SMILES string of the molecule is CN(CC(C)(C)CCCC(C)(C(=O)OCc1ccccc1)c1cccc(Br)c1)C(=O)OCc1ccccc1. The second-order valence-electron chi connectivity index (χ2n) is 10.8. The van der Waals surface area contributed by atoms with Crippen LogP contribution in [0, 0.1) is 5.41 Å². The lowest BCUT2D eigenvalue weighted by Gasteiger charge is -2.32. The van der Waals surface area contributed by atoms with Gasteiger partial charge in [-0.15, -0.1) is 0 Å². The minimum Gasteiger partial charge on any atom is -0.460 e. The number of nitrogens with zero attached hydrogens (tertiary/aromatic N) is 1. The zero-order valence-electron chi connectivity index (χ0n) is 22.8. The summed E-state index contributed by atoms with van der Waals surface area (Å²) in [4.78, 5) is 27.6. The molecule has 0 N–H and O–H groups in total. The number of benzene rings is 3. The van der Waals surface area contributed by atoms with Gasteiger partial charge in [0.1, 0.15) is 13.2 Å². The molecular formula is C32H38BrNO4. The Balaban J connectivity index is 1.59. The molecule has 0 radical (unpaired) electrons. The van der Waals surface area contributed by atoms with E-state index in [-0.39, 0.29) is 30.7 Å². The number of hydrogen-bond acceptors (Lipinski definition) is 4. The average Bonchev–Trinajstić information content (AvgIpc) is 2.91. The fourth-order valence-electron chi connectivity index (χ4n) is 4.61. The molecule has 202 valence electrons. The van der Waals surface area contributed by atoms with E-state index in [2.05, 4.69) is 29.8 Å². The maximum absolute atomic E-state index is 13.5. The lowest BCUT2D eigenvalue weighted by Crippen LogP contribution is -2.37. The van der Waals surface area contributed by atoms with E-state index in [0.717, 1.165) is 34.0 Å².